The number of aromatic nitrogens is 1. The van der Waals surface area contributed by atoms with E-state index in [0.29, 0.717) is 12.6 Å². The molecule has 1 aliphatic heterocycles. The molecular weight excluding hydrogens is 316 g/mol. The van der Waals surface area contributed by atoms with Gasteiger partial charge in [0.2, 0.25) is 0 Å². The molecule has 2 amide bonds. The standard InChI is InChI=1S/C15H20N4OS2/c1-12(13-2-7-21-9-13)18-3-5-19(6-4-18)15(20)16-8-14-10-22-11-17-14/h2,7,9-12H,3-6,8H2,1H3,(H,16,20)/t12-/m0/s1. The minimum Gasteiger partial charge on any atom is -0.332 e. The lowest BCUT2D eigenvalue weighted by atomic mass is 10.1. The van der Waals surface area contributed by atoms with Gasteiger partial charge in [0, 0.05) is 37.6 Å². The smallest absolute Gasteiger partial charge is 0.317 e. The lowest BCUT2D eigenvalue weighted by Crippen LogP contribution is -2.52. The van der Waals surface area contributed by atoms with Crippen molar-refractivity contribution in [2.24, 2.45) is 0 Å². The van der Waals surface area contributed by atoms with Crippen LogP contribution in [0.25, 0.3) is 0 Å². The van der Waals surface area contributed by atoms with Gasteiger partial charge in [0.15, 0.2) is 0 Å². The summed E-state index contributed by atoms with van der Waals surface area (Å²) in [6, 6.07) is 2.62. The van der Waals surface area contributed by atoms with E-state index in [1.54, 1.807) is 28.2 Å². The Morgan fingerprint density at radius 2 is 2.14 bits per heavy atom. The third-order valence-electron chi connectivity index (χ3n) is 4.08. The maximum absolute atomic E-state index is 12.2. The number of hydrogen-bond acceptors (Lipinski definition) is 5. The molecule has 118 valence electrons. The number of nitrogens with zero attached hydrogens (tertiary/aromatic N) is 3. The summed E-state index contributed by atoms with van der Waals surface area (Å²) in [5, 5.41) is 9.22. The number of thiophene rings is 1. The monoisotopic (exact) mass is 336 g/mol. The third-order valence-corrected chi connectivity index (χ3v) is 5.42. The number of rotatable bonds is 4. The molecule has 5 nitrogen and oxygen atoms in total. The van der Waals surface area contributed by atoms with E-state index in [9.17, 15) is 4.79 Å². The van der Waals surface area contributed by atoms with Gasteiger partial charge in [-0.15, -0.1) is 11.3 Å². The highest BCUT2D eigenvalue weighted by Crippen LogP contribution is 2.23. The molecule has 0 aliphatic carbocycles. The first-order valence-corrected chi connectivity index (χ1v) is 9.28. The van der Waals surface area contributed by atoms with Crippen LogP contribution in [-0.2, 0) is 6.54 Å². The molecule has 1 saturated heterocycles. The lowest BCUT2D eigenvalue weighted by Gasteiger charge is -2.37. The van der Waals surface area contributed by atoms with E-state index in [-0.39, 0.29) is 6.03 Å². The van der Waals surface area contributed by atoms with E-state index < -0.39 is 0 Å². The van der Waals surface area contributed by atoms with Crippen molar-refractivity contribution in [1.29, 1.82) is 0 Å². The van der Waals surface area contributed by atoms with Gasteiger partial charge in [0.05, 0.1) is 17.7 Å². The van der Waals surface area contributed by atoms with Gasteiger partial charge < -0.3 is 10.2 Å². The number of nitrogens with one attached hydrogen (secondary N) is 1. The zero-order valence-electron chi connectivity index (χ0n) is 12.6. The topological polar surface area (TPSA) is 48.5 Å². The van der Waals surface area contributed by atoms with Crippen molar-refractivity contribution in [3.05, 3.63) is 39.0 Å². The van der Waals surface area contributed by atoms with Crippen LogP contribution in [0.15, 0.2) is 27.7 Å². The normalized spacial score (nSPS) is 17.4. The van der Waals surface area contributed by atoms with Gasteiger partial charge >= 0.3 is 6.03 Å². The minimum absolute atomic E-state index is 0.0100. The molecule has 2 aromatic rings. The first kappa shape index (κ1) is 15.5. The van der Waals surface area contributed by atoms with Crippen LogP contribution in [0.4, 0.5) is 4.79 Å². The Bertz CT molecular complexity index is 577. The fourth-order valence-corrected chi connectivity index (χ4v) is 3.94. The largest absolute Gasteiger partial charge is 0.332 e. The summed E-state index contributed by atoms with van der Waals surface area (Å²) in [6.07, 6.45) is 0. The van der Waals surface area contributed by atoms with Gasteiger partial charge in [-0.3, -0.25) is 4.90 Å². The average molecular weight is 336 g/mol. The van der Waals surface area contributed by atoms with Gasteiger partial charge in [0.1, 0.15) is 0 Å². The highest BCUT2D eigenvalue weighted by Gasteiger charge is 2.24. The maximum Gasteiger partial charge on any atom is 0.317 e. The molecule has 0 saturated carbocycles. The van der Waals surface area contributed by atoms with Crippen LogP contribution in [0.1, 0.15) is 24.2 Å². The number of carbonyl (C=O) groups is 1. The number of hydrogen-bond donors (Lipinski definition) is 1. The Balaban J connectivity index is 1.46. The van der Waals surface area contributed by atoms with Crippen LogP contribution in [0.5, 0.6) is 0 Å². The summed E-state index contributed by atoms with van der Waals surface area (Å²) >= 11 is 3.28. The van der Waals surface area contributed by atoms with Crippen molar-refractivity contribution < 1.29 is 4.79 Å². The van der Waals surface area contributed by atoms with Crippen molar-refractivity contribution in [1.82, 2.24) is 20.1 Å². The minimum atomic E-state index is 0.0100. The van der Waals surface area contributed by atoms with Crippen molar-refractivity contribution in [3.8, 4) is 0 Å². The van der Waals surface area contributed by atoms with Crippen LogP contribution in [0.3, 0.4) is 0 Å². The van der Waals surface area contributed by atoms with Crippen LogP contribution < -0.4 is 5.32 Å². The lowest BCUT2D eigenvalue weighted by molar-refractivity contribution is 0.114. The molecule has 3 heterocycles. The van der Waals surface area contributed by atoms with Crippen LogP contribution in [-0.4, -0.2) is 47.0 Å². The van der Waals surface area contributed by atoms with E-state index in [1.165, 1.54) is 5.56 Å². The third kappa shape index (κ3) is 3.66. The van der Waals surface area contributed by atoms with Crippen molar-refractivity contribution in [2.45, 2.75) is 19.5 Å². The molecule has 1 fully saturated rings. The molecule has 7 heteroatoms. The first-order chi connectivity index (χ1) is 10.7. The average Bonchev–Trinajstić information content (AvgIpc) is 3.25. The van der Waals surface area contributed by atoms with Crippen molar-refractivity contribution in [2.75, 3.05) is 26.2 Å². The molecule has 0 spiro atoms. The Kier molecular flexibility index (Phi) is 5.07. The number of thiazole rings is 1. The van der Waals surface area contributed by atoms with E-state index >= 15 is 0 Å². The van der Waals surface area contributed by atoms with Crippen LogP contribution in [0.2, 0.25) is 0 Å². The fourth-order valence-electron chi connectivity index (χ4n) is 2.64. The Hall–Kier alpha value is -1.44. The zero-order chi connectivity index (χ0) is 15.4. The van der Waals surface area contributed by atoms with Gasteiger partial charge in [-0.05, 0) is 29.3 Å². The van der Waals surface area contributed by atoms with Gasteiger partial charge in [-0.25, -0.2) is 9.78 Å². The summed E-state index contributed by atoms with van der Waals surface area (Å²) < 4.78 is 0. The summed E-state index contributed by atoms with van der Waals surface area (Å²) in [5.74, 6) is 0. The number of carbonyl (C=O) groups excluding carboxylic acids is 1. The highest BCUT2D eigenvalue weighted by molar-refractivity contribution is 7.08. The van der Waals surface area contributed by atoms with Crippen molar-refractivity contribution >= 4 is 28.7 Å². The maximum atomic E-state index is 12.2. The second kappa shape index (κ2) is 7.21. The zero-order valence-corrected chi connectivity index (χ0v) is 14.2. The molecule has 1 atom stereocenters. The van der Waals surface area contributed by atoms with E-state index in [1.807, 2.05) is 10.3 Å². The summed E-state index contributed by atoms with van der Waals surface area (Å²) in [7, 11) is 0. The van der Waals surface area contributed by atoms with Gasteiger partial charge in [0.25, 0.3) is 0 Å². The molecule has 0 aromatic carbocycles. The number of urea groups is 1. The number of amides is 2. The van der Waals surface area contributed by atoms with Crippen LogP contribution in [0, 0.1) is 0 Å². The predicted molar refractivity (Wildman–Crippen MR) is 90.2 cm³/mol. The molecule has 0 bridgehead atoms. The van der Waals surface area contributed by atoms with E-state index in [2.05, 4.69) is 39.0 Å². The molecule has 22 heavy (non-hydrogen) atoms. The highest BCUT2D eigenvalue weighted by atomic mass is 32.1. The second-order valence-corrected chi connectivity index (χ2v) is 6.89. The SMILES string of the molecule is C[C@@H](c1ccsc1)N1CCN(C(=O)NCc2cscn2)CC1. The summed E-state index contributed by atoms with van der Waals surface area (Å²) in [4.78, 5) is 20.7. The molecular formula is C15H20N4OS2. The Morgan fingerprint density at radius 3 is 2.77 bits per heavy atom. The molecule has 2 aromatic heterocycles. The van der Waals surface area contributed by atoms with E-state index in [4.69, 9.17) is 0 Å². The molecule has 0 radical (unpaired) electrons. The van der Waals surface area contributed by atoms with E-state index in [0.717, 1.165) is 31.9 Å². The first-order valence-electron chi connectivity index (χ1n) is 7.40. The Labute approximate surface area is 138 Å². The molecule has 0 unspecified atom stereocenters. The van der Waals surface area contributed by atoms with Gasteiger partial charge in [-0.2, -0.15) is 11.3 Å². The summed E-state index contributed by atoms with van der Waals surface area (Å²) in [5.41, 5.74) is 4.07. The Morgan fingerprint density at radius 1 is 1.32 bits per heavy atom. The molecule has 3 rings (SSSR count). The molecule has 1 aliphatic rings. The van der Waals surface area contributed by atoms with Gasteiger partial charge in [-0.1, -0.05) is 0 Å². The van der Waals surface area contributed by atoms with Crippen LogP contribution >= 0.6 is 22.7 Å². The predicted octanol–water partition coefficient (Wildman–Crippen LogP) is 2.79. The second-order valence-electron chi connectivity index (χ2n) is 5.39. The number of piperazine rings is 1. The summed E-state index contributed by atoms with van der Waals surface area (Å²) in [6.45, 7) is 6.13. The quantitative estimate of drug-likeness (QED) is 0.934. The fraction of sp³-hybridized carbons (Fsp3) is 0.467. The molecule has 1 N–H and O–H groups in total. The van der Waals surface area contributed by atoms with Crippen molar-refractivity contribution in [3.63, 3.8) is 0 Å².